The van der Waals surface area contributed by atoms with E-state index < -0.39 is 0 Å². The molecule has 0 bridgehead atoms. The van der Waals surface area contributed by atoms with Gasteiger partial charge in [-0.15, -0.1) is 0 Å². The normalized spacial score (nSPS) is 21.7. The van der Waals surface area contributed by atoms with Crippen LogP contribution in [0.3, 0.4) is 0 Å². The Bertz CT molecular complexity index is 662. The molecule has 1 aliphatic carbocycles. The average Bonchev–Trinajstić information content (AvgIpc) is 2.91. The fourth-order valence-electron chi connectivity index (χ4n) is 2.97. The van der Waals surface area contributed by atoms with E-state index in [1.807, 2.05) is 25.1 Å². The van der Waals surface area contributed by atoms with Gasteiger partial charge in [0.2, 0.25) is 0 Å². The molecule has 1 fully saturated rings. The average molecular weight is 322 g/mol. The molecule has 1 aromatic carbocycles. The fourth-order valence-corrected chi connectivity index (χ4v) is 3.14. The lowest BCUT2D eigenvalue weighted by Crippen LogP contribution is -2.43. The largest absolute Gasteiger partial charge is 0.440 e. The van der Waals surface area contributed by atoms with Crippen molar-refractivity contribution >= 4 is 28.7 Å². The second kappa shape index (κ2) is 6.57. The van der Waals surface area contributed by atoms with Gasteiger partial charge >= 0.3 is 6.03 Å². The van der Waals surface area contributed by atoms with E-state index in [4.69, 9.17) is 16.0 Å². The van der Waals surface area contributed by atoms with E-state index in [9.17, 15) is 4.79 Å². The highest BCUT2D eigenvalue weighted by atomic mass is 35.5. The molecule has 3 rings (SSSR count). The molecule has 1 saturated carbocycles. The number of aromatic nitrogens is 1. The number of fused-ring (bicyclic) bond motifs is 1. The van der Waals surface area contributed by atoms with Gasteiger partial charge in [-0.1, -0.05) is 11.6 Å². The molecule has 22 heavy (non-hydrogen) atoms. The smallest absolute Gasteiger partial charge is 0.314 e. The second-order valence-electron chi connectivity index (χ2n) is 5.72. The lowest BCUT2D eigenvalue weighted by Gasteiger charge is -2.27. The van der Waals surface area contributed by atoms with Crippen molar-refractivity contribution in [2.45, 2.75) is 44.6 Å². The third kappa shape index (κ3) is 3.35. The summed E-state index contributed by atoms with van der Waals surface area (Å²) in [6.07, 6.45) is 3.83. The summed E-state index contributed by atoms with van der Waals surface area (Å²) in [6.45, 7) is 2.56. The van der Waals surface area contributed by atoms with E-state index in [0.717, 1.165) is 42.7 Å². The lowest BCUT2D eigenvalue weighted by molar-refractivity contribution is 0.230. The van der Waals surface area contributed by atoms with Crippen molar-refractivity contribution in [3.05, 3.63) is 29.1 Å². The minimum Gasteiger partial charge on any atom is -0.440 e. The number of halogens is 1. The van der Waals surface area contributed by atoms with E-state index in [0.29, 0.717) is 17.5 Å². The molecule has 0 unspecified atom stereocenters. The maximum atomic E-state index is 11.5. The first kappa shape index (κ1) is 15.2. The summed E-state index contributed by atoms with van der Waals surface area (Å²) in [5.41, 5.74) is 1.59. The fraction of sp³-hybridized carbons (Fsp3) is 0.500. The van der Waals surface area contributed by atoms with Crippen LogP contribution in [0.15, 0.2) is 22.6 Å². The van der Waals surface area contributed by atoms with Crippen molar-refractivity contribution in [1.29, 1.82) is 0 Å². The van der Waals surface area contributed by atoms with Crippen LogP contribution in [0.1, 0.15) is 44.4 Å². The Balaban J connectivity index is 1.61. The number of nitrogens with one attached hydrogen (secondary N) is 2. The first-order valence-electron chi connectivity index (χ1n) is 7.76. The molecule has 6 heteroatoms. The van der Waals surface area contributed by atoms with Crippen LogP contribution in [0, 0.1) is 0 Å². The van der Waals surface area contributed by atoms with Gasteiger partial charge in [0, 0.05) is 23.5 Å². The van der Waals surface area contributed by atoms with Gasteiger partial charge in [-0.25, -0.2) is 9.78 Å². The predicted octanol–water partition coefficient (Wildman–Crippen LogP) is 3.83. The zero-order valence-electron chi connectivity index (χ0n) is 12.6. The van der Waals surface area contributed by atoms with Gasteiger partial charge in [0.1, 0.15) is 5.52 Å². The summed E-state index contributed by atoms with van der Waals surface area (Å²) in [7, 11) is 0. The zero-order chi connectivity index (χ0) is 15.5. The standard InChI is InChI=1S/C16H20ClN3O2/c1-2-18-16(21)19-12-6-3-10(4-7-12)15-20-13-9-11(17)5-8-14(13)22-15/h5,8-10,12H,2-4,6-7H2,1H3,(H2,18,19,21). The molecule has 0 spiro atoms. The Labute approximate surface area is 134 Å². The number of oxazole rings is 1. The molecule has 0 radical (unpaired) electrons. The Morgan fingerprint density at radius 2 is 2.14 bits per heavy atom. The molecule has 2 aromatic rings. The highest BCUT2D eigenvalue weighted by Gasteiger charge is 2.26. The van der Waals surface area contributed by atoms with Crippen molar-refractivity contribution in [2.24, 2.45) is 0 Å². The number of urea groups is 1. The molecule has 0 atom stereocenters. The third-order valence-electron chi connectivity index (χ3n) is 4.12. The molecule has 2 amide bonds. The van der Waals surface area contributed by atoms with Crippen molar-refractivity contribution < 1.29 is 9.21 Å². The topological polar surface area (TPSA) is 67.2 Å². The summed E-state index contributed by atoms with van der Waals surface area (Å²) in [5.74, 6) is 1.10. The third-order valence-corrected chi connectivity index (χ3v) is 4.35. The van der Waals surface area contributed by atoms with Crippen molar-refractivity contribution in [2.75, 3.05) is 6.54 Å². The van der Waals surface area contributed by atoms with Crippen LogP contribution in [0.4, 0.5) is 4.79 Å². The number of nitrogens with zero attached hydrogens (tertiary/aromatic N) is 1. The molecule has 0 saturated heterocycles. The molecule has 5 nitrogen and oxygen atoms in total. The minimum absolute atomic E-state index is 0.0811. The van der Waals surface area contributed by atoms with Crippen molar-refractivity contribution in [3.8, 4) is 0 Å². The van der Waals surface area contributed by atoms with Gasteiger partial charge in [-0.05, 0) is 50.8 Å². The number of amides is 2. The first-order chi connectivity index (χ1) is 10.7. The van der Waals surface area contributed by atoms with E-state index in [1.54, 1.807) is 0 Å². The molecular formula is C16H20ClN3O2. The van der Waals surface area contributed by atoms with E-state index in [1.165, 1.54) is 0 Å². The number of hydrogen-bond donors (Lipinski definition) is 2. The van der Waals surface area contributed by atoms with E-state index in [-0.39, 0.29) is 12.1 Å². The maximum Gasteiger partial charge on any atom is 0.314 e. The Morgan fingerprint density at radius 1 is 1.36 bits per heavy atom. The monoisotopic (exact) mass is 321 g/mol. The lowest BCUT2D eigenvalue weighted by atomic mass is 9.86. The van der Waals surface area contributed by atoms with Crippen LogP contribution in [-0.2, 0) is 0 Å². The van der Waals surface area contributed by atoms with Gasteiger partial charge in [0.05, 0.1) is 0 Å². The van der Waals surface area contributed by atoms with Crippen molar-refractivity contribution in [3.63, 3.8) is 0 Å². The van der Waals surface area contributed by atoms with Crippen LogP contribution in [0.25, 0.3) is 11.1 Å². The highest BCUT2D eigenvalue weighted by Crippen LogP contribution is 2.34. The zero-order valence-corrected chi connectivity index (χ0v) is 13.3. The summed E-state index contributed by atoms with van der Waals surface area (Å²) in [4.78, 5) is 16.1. The quantitative estimate of drug-likeness (QED) is 0.903. The molecule has 0 aliphatic heterocycles. The van der Waals surface area contributed by atoms with Gasteiger partial charge in [0.25, 0.3) is 0 Å². The van der Waals surface area contributed by atoms with Gasteiger partial charge < -0.3 is 15.1 Å². The van der Waals surface area contributed by atoms with E-state index in [2.05, 4.69) is 15.6 Å². The number of rotatable bonds is 3. The van der Waals surface area contributed by atoms with Crippen molar-refractivity contribution in [1.82, 2.24) is 15.6 Å². The number of carbonyl (C=O) groups excluding carboxylic acids is 1. The number of benzene rings is 1. The SMILES string of the molecule is CCNC(=O)NC1CCC(c2nc3cc(Cl)ccc3o2)CC1. The highest BCUT2D eigenvalue weighted by molar-refractivity contribution is 6.31. The van der Waals surface area contributed by atoms with Gasteiger partial charge in [0.15, 0.2) is 11.5 Å². The summed E-state index contributed by atoms with van der Waals surface area (Å²) in [6, 6.07) is 5.65. The molecule has 1 aliphatic rings. The number of carbonyl (C=O) groups is 1. The van der Waals surface area contributed by atoms with Crippen LogP contribution in [0.2, 0.25) is 5.02 Å². The maximum absolute atomic E-state index is 11.5. The van der Waals surface area contributed by atoms with Gasteiger partial charge in [-0.2, -0.15) is 0 Å². The Hall–Kier alpha value is -1.75. The van der Waals surface area contributed by atoms with Crippen LogP contribution >= 0.6 is 11.6 Å². The van der Waals surface area contributed by atoms with Crippen LogP contribution in [-0.4, -0.2) is 23.6 Å². The van der Waals surface area contributed by atoms with Crippen LogP contribution < -0.4 is 10.6 Å². The Kier molecular flexibility index (Phi) is 4.52. The summed E-state index contributed by atoms with van der Waals surface area (Å²) in [5, 5.41) is 6.44. The van der Waals surface area contributed by atoms with Gasteiger partial charge in [-0.3, -0.25) is 0 Å². The summed E-state index contributed by atoms with van der Waals surface area (Å²) < 4.78 is 5.85. The molecule has 1 aromatic heterocycles. The minimum atomic E-state index is -0.0811. The molecule has 118 valence electrons. The van der Waals surface area contributed by atoms with Crippen LogP contribution in [0.5, 0.6) is 0 Å². The van der Waals surface area contributed by atoms with E-state index >= 15 is 0 Å². The molecule has 1 heterocycles. The predicted molar refractivity (Wildman–Crippen MR) is 86.2 cm³/mol. The first-order valence-corrected chi connectivity index (χ1v) is 8.14. The Morgan fingerprint density at radius 3 is 2.86 bits per heavy atom. The molecular weight excluding hydrogens is 302 g/mol. The summed E-state index contributed by atoms with van der Waals surface area (Å²) >= 11 is 5.98. The number of hydrogen-bond acceptors (Lipinski definition) is 3. The second-order valence-corrected chi connectivity index (χ2v) is 6.15. The molecule has 2 N–H and O–H groups in total.